The van der Waals surface area contributed by atoms with Crippen molar-refractivity contribution in [3.05, 3.63) is 63.2 Å². The van der Waals surface area contributed by atoms with Crippen LogP contribution in [0.15, 0.2) is 48.5 Å². The molecule has 21 heavy (non-hydrogen) atoms. The molecule has 0 amide bonds. The van der Waals surface area contributed by atoms with Crippen molar-refractivity contribution in [2.45, 2.75) is 25.8 Å². The van der Waals surface area contributed by atoms with Crippen LogP contribution in [0.2, 0.25) is 0 Å². The molecule has 0 saturated carbocycles. The average molecular weight is 395 g/mol. The Balaban J connectivity index is 2.17. The summed E-state index contributed by atoms with van der Waals surface area (Å²) < 4.78 is 6.59. The first kappa shape index (κ1) is 16.3. The summed E-state index contributed by atoms with van der Waals surface area (Å²) in [7, 11) is 1.71. The first-order chi connectivity index (χ1) is 10.2. The van der Waals surface area contributed by atoms with Gasteiger partial charge >= 0.3 is 0 Å². The minimum absolute atomic E-state index is 0.342. The van der Waals surface area contributed by atoms with Gasteiger partial charge in [0.05, 0.1) is 7.11 Å². The van der Waals surface area contributed by atoms with Crippen LogP contribution in [0.3, 0.4) is 0 Å². The predicted molar refractivity (Wildman–Crippen MR) is 96.9 cm³/mol. The van der Waals surface area contributed by atoms with Crippen molar-refractivity contribution in [2.75, 3.05) is 13.7 Å². The summed E-state index contributed by atoms with van der Waals surface area (Å²) in [5, 5.41) is 3.65. The summed E-state index contributed by atoms with van der Waals surface area (Å²) in [5.74, 6) is 0.921. The number of halogens is 1. The normalized spacial score (nSPS) is 12.1. The average Bonchev–Trinajstić information content (AvgIpc) is 2.52. The second-order valence-corrected chi connectivity index (χ2v) is 6.36. The molecular weight excluding hydrogens is 373 g/mol. The van der Waals surface area contributed by atoms with E-state index in [2.05, 4.69) is 77.3 Å². The maximum atomic E-state index is 5.32. The van der Waals surface area contributed by atoms with Crippen LogP contribution in [0.4, 0.5) is 0 Å². The molecule has 0 bridgehead atoms. The maximum absolute atomic E-state index is 5.32. The third kappa shape index (κ3) is 5.00. The van der Waals surface area contributed by atoms with E-state index in [-0.39, 0.29) is 0 Å². The number of ether oxygens (including phenoxy) is 1. The number of rotatable bonds is 7. The highest BCUT2D eigenvalue weighted by molar-refractivity contribution is 14.1. The monoisotopic (exact) mass is 395 g/mol. The lowest BCUT2D eigenvalue weighted by atomic mass is 9.98. The molecule has 0 saturated heterocycles. The molecule has 0 radical (unpaired) electrons. The molecule has 112 valence electrons. The molecule has 2 nitrogen and oxygen atoms in total. The van der Waals surface area contributed by atoms with E-state index in [9.17, 15) is 0 Å². The first-order valence-corrected chi connectivity index (χ1v) is 8.42. The van der Waals surface area contributed by atoms with E-state index in [1.54, 1.807) is 7.11 Å². The molecule has 0 heterocycles. The zero-order chi connectivity index (χ0) is 15.1. The Kier molecular flexibility index (Phi) is 6.51. The first-order valence-electron chi connectivity index (χ1n) is 7.34. The van der Waals surface area contributed by atoms with E-state index in [0.29, 0.717) is 6.04 Å². The van der Waals surface area contributed by atoms with Gasteiger partial charge in [-0.05, 0) is 77.4 Å². The van der Waals surface area contributed by atoms with Crippen molar-refractivity contribution >= 4 is 22.6 Å². The van der Waals surface area contributed by atoms with E-state index in [0.717, 1.165) is 25.1 Å². The minimum Gasteiger partial charge on any atom is -0.497 e. The number of hydrogen-bond donors (Lipinski definition) is 1. The highest BCUT2D eigenvalue weighted by Crippen LogP contribution is 2.22. The van der Waals surface area contributed by atoms with E-state index in [4.69, 9.17) is 4.74 Å². The summed E-state index contributed by atoms with van der Waals surface area (Å²) in [5.41, 5.74) is 2.63. The lowest BCUT2D eigenvalue weighted by Crippen LogP contribution is -2.24. The molecule has 0 fully saturated rings. The molecule has 1 atom stereocenters. The highest BCUT2D eigenvalue weighted by atomic mass is 127. The Labute approximate surface area is 141 Å². The molecular formula is C18H22INO. The highest BCUT2D eigenvalue weighted by Gasteiger charge is 2.12. The summed E-state index contributed by atoms with van der Waals surface area (Å²) in [6, 6.07) is 17.4. The van der Waals surface area contributed by atoms with Crippen LogP contribution in [0.25, 0.3) is 0 Å². The van der Waals surface area contributed by atoms with Crippen LogP contribution in [-0.4, -0.2) is 13.7 Å². The Morgan fingerprint density at radius 2 is 1.90 bits per heavy atom. The van der Waals surface area contributed by atoms with Crippen LogP contribution in [-0.2, 0) is 6.42 Å². The minimum atomic E-state index is 0.342. The molecule has 0 spiro atoms. The summed E-state index contributed by atoms with van der Waals surface area (Å²) in [6.07, 6.45) is 2.11. The fourth-order valence-electron chi connectivity index (χ4n) is 2.36. The molecule has 2 aromatic carbocycles. The fourth-order valence-corrected chi connectivity index (χ4v) is 2.72. The van der Waals surface area contributed by atoms with Crippen LogP contribution >= 0.6 is 22.6 Å². The van der Waals surface area contributed by atoms with Crippen molar-refractivity contribution in [3.63, 3.8) is 0 Å². The molecule has 3 heteroatoms. The molecule has 1 unspecified atom stereocenters. The Bertz CT molecular complexity index is 553. The van der Waals surface area contributed by atoms with Crippen LogP contribution in [0.1, 0.15) is 30.5 Å². The van der Waals surface area contributed by atoms with Crippen molar-refractivity contribution in [1.82, 2.24) is 5.32 Å². The lowest BCUT2D eigenvalue weighted by Gasteiger charge is -2.19. The van der Waals surface area contributed by atoms with Gasteiger partial charge in [-0.25, -0.2) is 0 Å². The largest absolute Gasteiger partial charge is 0.497 e. The number of hydrogen-bond acceptors (Lipinski definition) is 2. The Morgan fingerprint density at radius 1 is 1.14 bits per heavy atom. The standard InChI is InChI=1S/C18H22INO/c1-3-11-20-18(15-7-9-16(19)10-8-15)13-14-5-4-6-17(12-14)21-2/h4-10,12,18,20H,3,11,13H2,1-2H3. The molecule has 2 aromatic rings. The zero-order valence-electron chi connectivity index (χ0n) is 12.6. The second kappa shape index (κ2) is 8.39. The molecule has 2 rings (SSSR count). The Hall–Kier alpha value is -1.07. The van der Waals surface area contributed by atoms with Gasteiger partial charge in [0.2, 0.25) is 0 Å². The van der Waals surface area contributed by atoms with Gasteiger partial charge in [0.1, 0.15) is 5.75 Å². The predicted octanol–water partition coefficient (Wildman–Crippen LogP) is 4.58. The van der Waals surface area contributed by atoms with Gasteiger partial charge in [-0.1, -0.05) is 31.2 Å². The third-order valence-corrected chi connectivity index (χ3v) is 4.21. The van der Waals surface area contributed by atoms with Crippen LogP contribution in [0.5, 0.6) is 5.75 Å². The molecule has 0 aromatic heterocycles. The van der Waals surface area contributed by atoms with Crippen molar-refractivity contribution in [1.29, 1.82) is 0 Å². The topological polar surface area (TPSA) is 21.3 Å². The molecule has 0 aliphatic rings. The molecule has 1 N–H and O–H groups in total. The quantitative estimate of drug-likeness (QED) is 0.693. The number of methoxy groups -OCH3 is 1. The van der Waals surface area contributed by atoms with Gasteiger partial charge < -0.3 is 10.1 Å². The molecule has 0 aliphatic carbocycles. The number of nitrogens with one attached hydrogen (secondary N) is 1. The van der Waals surface area contributed by atoms with Gasteiger partial charge in [0.15, 0.2) is 0 Å². The summed E-state index contributed by atoms with van der Waals surface area (Å²) in [4.78, 5) is 0. The van der Waals surface area contributed by atoms with Gasteiger partial charge in [0.25, 0.3) is 0 Å². The van der Waals surface area contributed by atoms with E-state index in [1.807, 2.05) is 6.07 Å². The van der Waals surface area contributed by atoms with Crippen LogP contribution in [0, 0.1) is 3.57 Å². The van der Waals surface area contributed by atoms with Gasteiger partial charge in [0, 0.05) is 9.61 Å². The SMILES string of the molecule is CCCNC(Cc1cccc(OC)c1)c1ccc(I)cc1. The summed E-state index contributed by atoms with van der Waals surface area (Å²) >= 11 is 2.34. The smallest absolute Gasteiger partial charge is 0.119 e. The van der Waals surface area contributed by atoms with Gasteiger partial charge in [-0.3, -0.25) is 0 Å². The fraction of sp³-hybridized carbons (Fsp3) is 0.333. The third-order valence-electron chi connectivity index (χ3n) is 3.49. The molecule has 0 aliphatic heterocycles. The second-order valence-electron chi connectivity index (χ2n) is 5.11. The van der Waals surface area contributed by atoms with Gasteiger partial charge in [-0.15, -0.1) is 0 Å². The van der Waals surface area contributed by atoms with E-state index >= 15 is 0 Å². The Morgan fingerprint density at radius 3 is 2.57 bits per heavy atom. The van der Waals surface area contributed by atoms with Crippen LogP contribution < -0.4 is 10.1 Å². The van der Waals surface area contributed by atoms with Crippen molar-refractivity contribution in [2.24, 2.45) is 0 Å². The maximum Gasteiger partial charge on any atom is 0.119 e. The lowest BCUT2D eigenvalue weighted by molar-refractivity contribution is 0.413. The van der Waals surface area contributed by atoms with Crippen molar-refractivity contribution in [3.8, 4) is 5.75 Å². The summed E-state index contributed by atoms with van der Waals surface area (Å²) in [6.45, 7) is 3.23. The van der Waals surface area contributed by atoms with E-state index < -0.39 is 0 Å². The van der Waals surface area contributed by atoms with Crippen molar-refractivity contribution < 1.29 is 4.74 Å². The van der Waals surface area contributed by atoms with E-state index in [1.165, 1.54) is 14.7 Å². The number of benzene rings is 2. The van der Waals surface area contributed by atoms with Gasteiger partial charge in [-0.2, -0.15) is 0 Å². The zero-order valence-corrected chi connectivity index (χ0v) is 14.8.